The number of aromatic nitrogens is 2. The molecule has 0 radical (unpaired) electrons. The highest BCUT2D eigenvalue weighted by atomic mass is 16.3. The summed E-state index contributed by atoms with van der Waals surface area (Å²) < 4.78 is 3.53. The average Bonchev–Trinajstić information content (AvgIpc) is 3.22. The standard InChI is InChI=1S/C20H22N4O2/c1-14-10-19(26)24-18-7-3-2-6-17(18)23(20(24)16(14)11-21)13-15(25)12-22-8-4-5-9-22/h2-3,6-7,10,15,25H,4-5,8-9,12-13H2,1H3/p+1/t15-/m1/s1. The van der Waals surface area contributed by atoms with Gasteiger partial charge in [0.05, 0.1) is 36.2 Å². The third-order valence-corrected chi connectivity index (χ3v) is 5.40. The second-order valence-electron chi connectivity index (χ2n) is 7.23. The van der Waals surface area contributed by atoms with Gasteiger partial charge in [-0.05, 0) is 24.6 Å². The molecule has 6 heteroatoms. The Morgan fingerprint density at radius 2 is 1.96 bits per heavy atom. The summed E-state index contributed by atoms with van der Waals surface area (Å²) in [7, 11) is 0. The van der Waals surface area contributed by atoms with Crippen molar-refractivity contribution in [1.82, 2.24) is 8.97 Å². The summed E-state index contributed by atoms with van der Waals surface area (Å²) in [6, 6.07) is 11.4. The molecule has 1 aliphatic rings. The molecule has 134 valence electrons. The fraction of sp³-hybridized carbons (Fsp3) is 0.400. The van der Waals surface area contributed by atoms with E-state index in [1.807, 2.05) is 28.8 Å². The number of quaternary nitrogens is 1. The van der Waals surface area contributed by atoms with Crippen LogP contribution in [0.3, 0.4) is 0 Å². The first-order chi connectivity index (χ1) is 12.6. The van der Waals surface area contributed by atoms with Gasteiger partial charge in [0.2, 0.25) is 0 Å². The summed E-state index contributed by atoms with van der Waals surface area (Å²) in [6.07, 6.45) is 1.90. The molecule has 0 unspecified atom stereocenters. The van der Waals surface area contributed by atoms with E-state index in [0.29, 0.717) is 29.9 Å². The maximum absolute atomic E-state index is 12.6. The quantitative estimate of drug-likeness (QED) is 0.718. The first-order valence-corrected chi connectivity index (χ1v) is 9.15. The highest BCUT2D eigenvalue weighted by molar-refractivity contribution is 5.84. The molecule has 1 atom stereocenters. The monoisotopic (exact) mass is 351 g/mol. The highest BCUT2D eigenvalue weighted by Crippen LogP contribution is 2.23. The van der Waals surface area contributed by atoms with E-state index in [0.717, 1.165) is 24.1 Å². The van der Waals surface area contributed by atoms with Gasteiger partial charge in [-0.2, -0.15) is 5.26 Å². The number of nitriles is 1. The van der Waals surface area contributed by atoms with Gasteiger partial charge in [0.25, 0.3) is 5.56 Å². The van der Waals surface area contributed by atoms with E-state index in [-0.39, 0.29) is 5.56 Å². The van der Waals surface area contributed by atoms with Crippen LogP contribution in [0.4, 0.5) is 0 Å². The number of hydrogen-bond acceptors (Lipinski definition) is 3. The Balaban J connectivity index is 1.89. The summed E-state index contributed by atoms with van der Waals surface area (Å²) in [5.74, 6) is 0. The Labute approximate surface area is 151 Å². The van der Waals surface area contributed by atoms with Gasteiger partial charge in [0.1, 0.15) is 24.4 Å². The average molecular weight is 351 g/mol. The first-order valence-electron chi connectivity index (χ1n) is 9.15. The predicted molar refractivity (Wildman–Crippen MR) is 99.4 cm³/mol. The predicted octanol–water partition coefficient (Wildman–Crippen LogP) is 0.474. The molecule has 0 spiro atoms. The fourth-order valence-corrected chi connectivity index (χ4v) is 4.21. The molecule has 4 rings (SSSR count). The Hall–Kier alpha value is -2.62. The molecule has 0 amide bonds. The zero-order chi connectivity index (χ0) is 18.3. The Morgan fingerprint density at radius 1 is 1.27 bits per heavy atom. The number of rotatable bonds is 4. The number of aliphatic hydroxyl groups is 1. The number of nitrogens with zero attached hydrogens (tertiary/aromatic N) is 3. The SMILES string of the molecule is Cc1cc(=O)n2c3ccccc3n(C[C@H](O)C[NH+]3CCCC3)c2c1C#N. The van der Waals surface area contributed by atoms with E-state index in [1.54, 1.807) is 11.3 Å². The number of aryl methyl sites for hydroxylation is 1. The lowest BCUT2D eigenvalue weighted by molar-refractivity contribution is -0.890. The van der Waals surface area contributed by atoms with Crippen LogP contribution in [0.2, 0.25) is 0 Å². The maximum Gasteiger partial charge on any atom is 0.257 e. The van der Waals surface area contributed by atoms with Crippen LogP contribution in [-0.2, 0) is 6.54 Å². The summed E-state index contributed by atoms with van der Waals surface area (Å²) in [4.78, 5) is 14.1. The molecular weight excluding hydrogens is 328 g/mol. The van der Waals surface area contributed by atoms with Crippen LogP contribution in [0.25, 0.3) is 16.7 Å². The zero-order valence-electron chi connectivity index (χ0n) is 14.9. The van der Waals surface area contributed by atoms with Gasteiger partial charge < -0.3 is 14.6 Å². The van der Waals surface area contributed by atoms with Crippen molar-refractivity contribution in [3.63, 3.8) is 0 Å². The number of fused-ring (bicyclic) bond motifs is 3. The smallest absolute Gasteiger partial charge is 0.257 e. The van der Waals surface area contributed by atoms with E-state index in [1.165, 1.54) is 23.8 Å². The van der Waals surface area contributed by atoms with Crippen molar-refractivity contribution in [1.29, 1.82) is 5.26 Å². The number of likely N-dealkylation sites (tertiary alicyclic amines) is 1. The number of para-hydroxylation sites is 2. The maximum atomic E-state index is 12.6. The van der Waals surface area contributed by atoms with Gasteiger partial charge in [-0.25, -0.2) is 0 Å². The molecule has 2 N–H and O–H groups in total. The topological polar surface area (TPSA) is 74.9 Å². The minimum absolute atomic E-state index is 0.147. The Kier molecular flexibility index (Phi) is 4.27. The third-order valence-electron chi connectivity index (χ3n) is 5.40. The van der Waals surface area contributed by atoms with E-state index in [9.17, 15) is 15.2 Å². The molecule has 3 heterocycles. The zero-order valence-corrected chi connectivity index (χ0v) is 14.9. The van der Waals surface area contributed by atoms with Crippen LogP contribution in [0.15, 0.2) is 35.1 Å². The van der Waals surface area contributed by atoms with Crippen LogP contribution in [0, 0.1) is 18.3 Å². The van der Waals surface area contributed by atoms with Crippen LogP contribution >= 0.6 is 0 Å². The van der Waals surface area contributed by atoms with E-state index in [2.05, 4.69) is 6.07 Å². The molecule has 1 saturated heterocycles. The van der Waals surface area contributed by atoms with Crippen LogP contribution in [0.1, 0.15) is 24.0 Å². The molecular formula is C20H23N4O2+. The van der Waals surface area contributed by atoms with Crippen LogP contribution in [-0.4, -0.2) is 39.8 Å². The molecule has 1 fully saturated rings. The molecule has 0 saturated carbocycles. The third kappa shape index (κ3) is 2.70. The Bertz CT molecular complexity index is 1070. The van der Waals surface area contributed by atoms with Gasteiger partial charge in [0.15, 0.2) is 0 Å². The van der Waals surface area contributed by atoms with Crippen molar-refractivity contribution in [2.75, 3.05) is 19.6 Å². The van der Waals surface area contributed by atoms with Crippen LogP contribution in [0.5, 0.6) is 0 Å². The van der Waals surface area contributed by atoms with Crippen molar-refractivity contribution in [2.24, 2.45) is 0 Å². The van der Waals surface area contributed by atoms with Gasteiger partial charge in [-0.3, -0.25) is 9.20 Å². The van der Waals surface area contributed by atoms with Crippen molar-refractivity contribution < 1.29 is 10.0 Å². The molecule has 2 aromatic heterocycles. The number of hydrogen-bond donors (Lipinski definition) is 2. The second-order valence-corrected chi connectivity index (χ2v) is 7.23. The van der Waals surface area contributed by atoms with E-state index < -0.39 is 6.10 Å². The minimum atomic E-state index is -0.523. The molecule has 0 bridgehead atoms. The normalized spacial score (nSPS) is 16.3. The molecule has 0 aliphatic carbocycles. The highest BCUT2D eigenvalue weighted by Gasteiger charge is 2.23. The summed E-state index contributed by atoms with van der Waals surface area (Å²) in [6.45, 7) is 5.06. The number of imidazole rings is 1. The Morgan fingerprint density at radius 3 is 2.65 bits per heavy atom. The second kappa shape index (κ2) is 6.60. The van der Waals surface area contributed by atoms with Crippen LogP contribution < -0.4 is 10.5 Å². The number of pyridine rings is 1. The molecule has 26 heavy (non-hydrogen) atoms. The van der Waals surface area contributed by atoms with E-state index in [4.69, 9.17) is 0 Å². The van der Waals surface area contributed by atoms with Crippen molar-refractivity contribution in [3.8, 4) is 6.07 Å². The lowest BCUT2D eigenvalue weighted by Crippen LogP contribution is -3.11. The number of benzene rings is 1. The van der Waals surface area contributed by atoms with Crippen molar-refractivity contribution >= 4 is 16.7 Å². The largest absolute Gasteiger partial charge is 0.385 e. The van der Waals surface area contributed by atoms with E-state index >= 15 is 0 Å². The summed E-state index contributed by atoms with van der Waals surface area (Å²) >= 11 is 0. The molecule has 1 aliphatic heterocycles. The first kappa shape index (κ1) is 16.8. The minimum Gasteiger partial charge on any atom is -0.385 e. The van der Waals surface area contributed by atoms with Gasteiger partial charge in [0, 0.05) is 18.9 Å². The lowest BCUT2D eigenvalue weighted by atomic mass is 10.1. The van der Waals surface area contributed by atoms with Crippen molar-refractivity contribution in [2.45, 2.75) is 32.4 Å². The fourth-order valence-electron chi connectivity index (χ4n) is 4.21. The summed E-state index contributed by atoms with van der Waals surface area (Å²) in [5.41, 5.74) is 3.22. The van der Waals surface area contributed by atoms with Gasteiger partial charge >= 0.3 is 0 Å². The molecule has 1 aromatic carbocycles. The lowest BCUT2D eigenvalue weighted by Gasteiger charge is -2.18. The summed E-state index contributed by atoms with van der Waals surface area (Å²) in [5, 5.41) is 20.4. The van der Waals surface area contributed by atoms with Gasteiger partial charge in [-0.15, -0.1) is 0 Å². The number of nitrogens with one attached hydrogen (secondary N) is 1. The van der Waals surface area contributed by atoms with Gasteiger partial charge in [-0.1, -0.05) is 12.1 Å². The molecule has 6 nitrogen and oxygen atoms in total. The molecule has 3 aromatic rings. The van der Waals surface area contributed by atoms with Crippen molar-refractivity contribution in [3.05, 3.63) is 51.8 Å². The number of aliphatic hydroxyl groups excluding tert-OH is 1.